The van der Waals surface area contributed by atoms with E-state index in [1.807, 2.05) is 0 Å². The van der Waals surface area contributed by atoms with Crippen LogP contribution in [0.5, 0.6) is 0 Å². The third-order valence-corrected chi connectivity index (χ3v) is 8.50. The van der Waals surface area contributed by atoms with Crippen LogP contribution in [0.15, 0.2) is 21.8 Å². The van der Waals surface area contributed by atoms with Gasteiger partial charge in [0.25, 0.3) is 11.8 Å². The number of hydrogen-bond acceptors (Lipinski definition) is 13. The maximum Gasteiger partial charge on any atom is 0.314 e. The summed E-state index contributed by atoms with van der Waals surface area (Å²) in [6.07, 6.45) is 2.51. The Morgan fingerprint density at radius 2 is 2.13 bits per heavy atom. The number of thiocarbonyl (C=S) groups is 1. The highest BCUT2D eigenvalue weighted by atomic mass is 32.2. The van der Waals surface area contributed by atoms with Gasteiger partial charge in [-0.15, -0.1) is 23.1 Å². The van der Waals surface area contributed by atoms with Crippen LogP contribution in [-0.2, 0) is 33.4 Å². The number of hydrogen-bond donors (Lipinski definition) is 2. The van der Waals surface area contributed by atoms with Crippen LogP contribution in [0.4, 0.5) is 5.13 Å². The van der Waals surface area contributed by atoms with Crippen molar-refractivity contribution in [3.05, 3.63) is 22.3 Å². The van der Waals surface area contributed by atoms with E-state index in [-0.39, 0.29) is 40.4 Å². The summed E-state index contributed by atoms with van der Waals surface area (Å²) < 4.78 is 16.7. The zero-order valence-electron chi connectivity index (χ0n) is 22.1. The van der Waals surface area contributed by atoms with Gasteiger partial charge >= 0.3 is 5.97 Å². The molecular weight excluding hydrogens is 566 g/mol. The van der Waals surface area contributed by atoms with Gasteiger partial charge in [0.15, 0.2) is 10.8 Å². The number of β-lactam (4-membered cyclic amide) rings is 1. The van der Waals surface area contributed by atoms with Gasteiger partial charge in [0.2, 0.25) is 11.8 Å². The molecule has 39 heavy (non-hydrogen) atoms. The topological polar surface area (TPSA) is 155 Å². The molecule has 0 spiro atoms. The number of nitrogen functional groups attached to an aromatic ring is 1. The number of esters is 1. The second-order valence-electron chi connectivity index (χ2n) is 10.1. The van der Waals surface area contributed by atoms with Crippen molar-refractivity contribution in [1.29, 1.82) is 0 Å². The Balaban J connectivity index is 1.50. The molecule has 3 aliphatic rings. The van der Waals surface area contributed by atoms with Gasteiger partial charge in [0.05, 0.1) is 17.2 Å². The molecule has 2 unspecified atom stereocenters. The van der Waals surface area contributed by atoms with E-state index in [2.05, 4.69) is 15.5 Å². The van der Waals surface area contributed by atoms with Gasteiger partial charge < -0.3 is 30.1 Å². The third-order valence-electron chi connectivity index (χ3n) is 6.18. The number of nitrogens with zero attached hydrogens (tertiary/aromatic N) is 3. The number of thiazole rings is 1. The fourth-order valence-electron chi connectivity index (χ4n) is 4.23. The summed E-state index contributed by atoms with van der Waals surface area (Å²) in [6, 6.07) is -0.832. The quantitative estimate of drug-likeness (QED) is 0.107. The lowest BCUT2D eigenvalue weighted by molar-refractivity contribution is -0.160. The number of nitrogens with one attached hydrogen (secondary N) is 1. The number of thioether (sulfide) groups is 1. The van der Waals surface area contributed by atoms with Crippen LogP contribution in [0.25, 0.3) is 0 Å². The molecule has 1 aromatic rings. The smallest absolute Gasteiger partial charge is 0.314 e. The van der Waals surface area contributed by atoms with E-state index in [1.54, 1.807) is 26.2 Å². The predicted molar refractivity (Wildman–Crippen MR) is 150 cm³/mol. The number of nitrogens with two attached hydrogens (primary N) is 1. The number of fused-ring (bicyclic) bond motifs is 1. The average molecular weight is 598 g/mol. The lowest BCUT2D eigenvalue weighted by atomic mass is 9.98. The summed E-state index contributed by atoms with van der Waals surface area (Å²) in [4.78, 5) is 49.0. The molecule has 3 atom stereocenters. The Kier molecular flexibility index (Phi) is 9.14. The van der Waals surface area contributed by atoms with Crippen LogP contribution < -0.4 is 11.1 Å². The highest BCUT2D eigenvalue weighted by Gasteiger charge is 2.54. The first-order chi connectivity index (χ1) is 18.5. The number of carbonyl (C=O) groups is 3. The minimum absolute atomic E-state index is 0.0268. The molecule has 2 amide bonds. The first-order valence-electron chi connectivity index (χ1n) is 12.3. The lowest BCUT2D eigenvalue weighted by Crippen LogP contribution is -2.71. The van der Waals surface area contributed by atoms with Crippen molar-refractivity contribution >= 4 is 69.0 Å². The van der Waals surface area contributed by atoms with Crippen molar-refractivity contribution in [3.63, 3.8) is 0 Å². The van der Waals surface area contributed by atoms with E-state index >= 15 is 0 Å². The van der Waals surface area contributed by atoms with Crippen LogP contribution in [-0.4, -0.2) is 82.2 Å². The first kappa shape index (κ1) is 29.2. The van der Waals surface area contributed by atoms with Crippen molar-refractivity contribution in [2.75, 3.05) is 32.0 Å². The molecule has 2 saturated heterocycles. The molecular formula is C24H31N5O7S3. The summed E-state index contributed by atoms with van der Waals surface area (Å²) in [5.74, 6) is -0.853. The van der Waals surface area contributed by atoms with E-state index in [0.717, 1.165) is 29.8 Å². The van der Waals surface area contributed by atoms with Crippen LogP contribution in [0, 0.1) is 5.41 Å². The van der Waals surface area contributed by atoms with Crippen molar-refractivity contribution in [2.45, 2.75) is 57.6 Å². The van der Waals surface area contributed by atoms with E-state index in [9.17, 15) is 14.4 Å². The molecule has 15 heteroatoms. The molecule has 3 aliphatic heterocycles. The summed E-state index contributed by atoms with van der Waals surface area (Å²) in [5, 5.41) is 8.00. The average Bonchev–Trinajstić information content (AvgIpc) is 3.56. The highest BCUT2D eigenvalue weighted by molar-refractivity contribution is 8.00. The number of ether oxygens (including phenoxy) is 3. The van der Waals surface area contributed by atoms with Crippen LogP contribution in [0.1, 0.15) is 45.7 Å². The second kappa shape index (κ2) is 12.2. The van der Waals surface area contributed by atoms with Crippen LogP contribution in [0.2, 0.25) is 0 Å². The van der Waals surface area contributed by atoms with Gasteiger partial charge in [0, 0.05) is 17.7 Å². The van der Waals surface area contributed by atoms with Crippen molar-refractivity contribution < 1.29 is 33.4 Å². The van der Waals surface area contributed by atoms with Crippen molar-refractivity contribution in [3.8, 4) is 0 Å². The maximum absolute atomic E-state index is 13.4. The molecule has 12 nitrogen and oxygen atoms in total. The molecule has 3 N–H and O–H groups in total. The minimum atomic E-state index is -0.832. The van der Waals surface area contributed by atoms with Gasteiger partial charge in [-0.05, 0) is 57.8 Å². The summed E-state index contributed by atoms with van der Waals surface area (Å²) in [6.45, 7) is 5.52. The molecule has 0 saturated carbocycles. The van der Waals surface area contributed by atoms with E-state index in [0.29, 0.717) is 24.5 Å². The fraction of sp³-hybridized carbons (Fsp3) is 0.583. The Bertz CT molecular complexity index is 1200. The fourth-order valence-corrected chi connectivity index (χ4v) is 6.43. The molecule has 212 valence electrons. The van der Waals surface area contributed by atoms with Gasteiger partial charge in [-0.2, -0.15) is 0 Å². The van der Waals surface area contributed by atoms with Gasteiger partial charge in [-0.25, -0.2) is 4.98 Å². The van der Waals surface area contributed by atoms with Crippen molar-refractivity contribution in [2.24, 2.45) is 10.6 Å². The largest absolute Gasteiger partial charge is 0.445 e. The summed E-state index contributed by atoms with van der Waals surface area (Å²) in [7, 11) is 1.31. The molecule has 0 bridgehead atoms. The standard InChI is InChI=1S/C24H31N5O7S3/c1-24(2,3)22(32)36-11-35-21(37)17-12(8-13-6-5-7-34-13)9-38-20-16(19(31)29(17)20)27-18(30)15(28-33-4)14-10-39-23(25)26-14/h10,13,16,20H,5-9,11H2,1-4H3,(H2,25,26)(H,27,30)/b28-15-/t13?,16?,20-/m1/s1. The van der Waals surface area contributed by atoms with Crippen LogP contribution in [0.3, 0.4) is 0 Å². The first-order valence-corrected chi connectivity index (χ1v) is 14.6. The monoisotopic (exact) mass is 597 g/mol. The van der Waals surface area contributed by atoms with Crippen molar-refractivity contribution in [1.82, 2.24) is 15.2 Å². The second-order valence-corrected chi connectivity index (χ2v) is 12.4. The summed E-state index contributed by atoms with van der Waals surface area (Å²) >= 11 is 8.23. The van der Waals surface area contributed by atoms with Gasteiger partial charge in [-0.1, -0.05) is 5.16 Å². The zero-order chi connectivity index (χ0) is 28.3. The van der Waals surface area contributed by atoms with E-state index < -0.39 is 28.7 Å². The number of rotatable bonds is 9. The number of anilines is 1. The normalized spacial score (nSPS) is 23.2. The Morgan fingerprint density at radius 3 is 2.74 bits per heavy atom. The molecule has 0 radical (unpaired) electrons. The lowest BCUT2D eigenvalue weighted by Gasteiger charge is -2.50. The molecule has 2 fully saturated rings. The van der Waals surface area contributed by atoms with Crippen LogP contribution >= 0.6 is 35.3 Å². The molecule has 1 aromatic heterocycles. The minimum Gasteiger partial charge on any atom is -0.445 e. The predicted octanol–water partition coefficient (Wildman–Crippen LogP) is 2.19. The maximum atomic E-state index is 13.4. The zero-order valence-corrected chi connectivity index (χ0v) is 24.5. The number of carbonyl (C=O) groups excluding carboxylic acids is 3. The molecule has 0 aliphatic carbocycles. The van der Waals surface area contributed by atoms with E-state index in [4.69, 9.17) is 37.0 Å². The van der Waals surface area contributed by atoms with E-state index in [1.165, 1.54) is 23.8 Å². The number of amides is 2. The number of aromatic nitrogens is 1. The Hall–Kier alpha value is -2.75. The molecule has 4 rings (SSSR count). The molecule has 0 aromatic carbocycles. The number of oxime groups is 1. The SMILES string of the molecule is CO/N=C(\C(=O)NC1C(=O)N2C(C(=S)OCOC(=O)C(C)(C)C)=C(CC3CCCO3)CS[C@H]12)c1csc(N)n1. The summed E-state index contributed by atoms with van der Waals surface area (Å²) in [5.41, 5.74) is 6.53. The third kappa shape index (κ3) is 6.53. The highest BCUT2D eigenvalue weighted by Crippen LogP contribution is 2.42. The Morgan fingerprint density at radius 1 is 1.36 bits per heavy atom. The Labute approximate surface area is 239 Å². The van der Waals surface area contributed by atoms with Gasteiger partial charge in [0.1, 0.15) is 24.2 Å². The molecule has 4 heterocycles. The van der Waals surface area contributed by atoms with Gasteiger partial charge in [-0.3, -0.25) is 19.3 Å².